The highest BCUT2D eigenvalue weighted by atomic mass is 16.5. The lowest BCUT2D eigenvalue weighted by Crippen LogP contribution is -2.38. The molecule has 0 aromatic carbocycles. The highest BCUT2D eigenvalue weighted by molar-refractivity contribution is 5.81. The number of rotatable bonds is 7. The highest BCUT2D eigenvalue weighted by Gasteiger charge is 2.24. The van der Waals surface area contributed by atoms with Gasteiger partial charge in [-0.3, -0.25) is 4.79 Å². The van der Waals surface area contributed by atoms with E-state index in [9.17, 15) is 4.79 Å². The zero-order chi connectivity index (χ0) is 13.5. The largest absolute Gasteiger partial charge is 0.380 e. The Balaban J connectivity index is 3.59. The summed E-state index contributed by atoms with van der Waals surface area (Å²) in [5.41, 5.74) is -0.299. The number of carbonyl (C=O) groups excluding carboxylic acids is 1. The molecule has 0 rings (SSSR count). The Hall–Kier alpha value is -0.570. The molecule has 102 valence electrons. The number of nitrogens with zero attached hydrogens (tertiary/aromatic N) is 1. The first-order valence-corrected chi connectivity index (χ1v) is 6.58. The molecule has 0 unspecified atom stereocenters. The third kappa shape index (κ3) is 8.19. The first-order valence-electron chi connectivity index (χ1n) is 6.58. The molecule has 0 aromatic heterocycles. The first kappa shape index (κ1) is 16.4. The van der Waals surface area contributed by atoms with Gasteiger partial charge in [-0.05, 0) is 18.8 Å². The Labute approximate surface area is 107 Å². The molecule has 0 radical (unpaired) electrons. The third-order valence-corrected chi connectivity index (χ3v) is 2.63. The van der Waals surface area contributed by atoms with Crippen molar-refractivity contribution >= 4 is 5.91 Å². The van der Waals surface area contributed by atoms with Crippen molar-refractivity contribution in [2.45, 2.75) is 47.5 Å². The quantitative estimate of drug-likeness (QED) is 0.643. The SMILES string of the molecule is CC(C)CCCOCCN(C)C(=O)C(C)(C)C. The Morgan fingerprint density at radius 3 is 2.29 bits per heavy atom. The number of ether oxygens (including phenoxy) is 1. The summed E-state index contributed by atoms with van der Waals surface area (Å²) in [4.78, 5) is 13.6. The van der Waals surface area contributed by atoms with Gasteiger partial charge in [-0.25, -0.2) is 0 Å². The molecule has 0 saturated carbocycles. The molecular weight excluding hydrogens is 214 g/mol. The van der Waals surface area contributed by atoms with Gasteiger partial charge in [0.25, 0.3) is 0 Å². The maximum atomic E-state index is 11.8. The molecular formula is C14H29NO2. The minimum Gasteiger partial charge on any atom is -0.380 e. The molecule has 3 heteroatoms. The summed E-state index contributed by atoms with van der Waals surface area (Å²) in [6.07, 6.45) is 2.31. The van der Waals surface area contributed by atoms with Crippen LogP contribution in [-0.2, 0) is 9.53 Å². The minimum absolute atomic E-state index is 0.170. The van der Waals surface area contributed by atoms with Crippen molar-refractivity contribution < 1.29 is 9.53 Å². The van der Waals surface area contributed by atoms with E-state index in [1.54, 1.807) is 4.90 Å². The van der Waals surface area contributed by atoms with Crippen molar-refractivity contribution in [1.82, 2.24) is 4.90 Å². The van der Waals surface area contributed by atoms with E-state index < -0.39 is 0 Å². The lowest BCUT2D eigenvalue weighted by Gasteiger charge is -2.25. The van der Waals surface area contributed by atoms with Crippen LogP contribution in [0, 0.1) is 11.3 Å². The van der Waals surface area contributed by atoms with Gasteiger partial charge in [0.05, 0.1) is 6.61 Å². The lowest BCUT2D eigenvalue weighted by molar-refractivity contribution is -0.138. The van der Waals surface area contributed by atoms with Gasteiger partial charge in [0, 0.05) is 25.6 Å². The Morgan fingerprint density at radius 1 is 1.24 bits per heavy atom. The summed E-state index contributed by atoms with van der Waals surface area (Å²) in [6, 6.07) is 0. The molecule has 0 aromatic rings. The molecule has 0 aliphatic carbocycles. The molecule has 0 fully saturated rings. The van der Waals surface area contributed by atoms with Crippen LogP contribution in [0.4, 0.5) is 0 Å². The predicted molar refractivity (Wildman–Crippen MR) is 72.0 cm³/mol. The van der Waals surface area contributed by atoms with Gasteiger partial charge in [0.2, 0.25) is 5.91 Å². The van der Waals surface area contributed by atoms with Crippen LogP contribution in [0.25, 0.3) is 0 Å². The van der Waals surface area contributed by atoms with Crippen LogP contribution in [0.1, 0.15) is 47.5 Å². The van der Waals surface area contributed by atoms with Gasteiger partial charge in [-0.2, -0.15) is 0 Å². The van der Waals surface area contributed by atoms with Crippen molar-refractivity contribution in [3.05, 3.63) is 0 Å². The first-order chi connectivity index (χ1) is 7.75. The summed E-state index contributed by atoms with van der Waals surface area (Å²) in [5.74, 6) is 0.909. The van der Waals surface area contributed by atoms with E-state index >= 15 is 0 Å². The fourth-order valence-corrected chi connectivity index (χ4v) is 1.57. The van der Waals surface area contributed by atoms with Gasteiger partial charge < -0.3 is 9.64 Å². The molecule has 0 N–H and O–H groups in total. The number of hydrogen-bond acceptors (Lipinski definition) is 2. The average Bonchev–Trinajstić information content (AvgIpc) is 2.19. The fourth-order valence-electron chi connectivity index (χ4n) is 1.57. The minimum atomic E-state index is -0.299. The van der Waals surface area contributed by atoms with E-state index in [1.807, 2.05) is 27.8 Å². The Bertz CT molecular complexity index is 219. The van der Waals surface area contributed by atoms with Gasteiger partial charge in [-0.1, -0.05) is 34.6 Å². The average molecular weight is 243 g/mol. The Morgan fingerprint density at radius 2 is 1.82 bits per heavy atom. The molecule has 0 bridgehead atoms. The van der Waals surface area contributed by atoms with Gasteiger partial charge in [-0.15, -0.1) is 0 Å². The maximum Gasteiger partial charge on any atom is 0.227 e. The van der Waals surface area contributed by atoms with E-state index in [0.29, 0.717) is 13.2 Å². The number of amides is 1. The smallest absolute Gasteiger partial charge is 0.227 e. The molecule has 0 saturated heterocycles. The topological polar surface area (TPSA) is 29.5 Å². The zero-order valence-electron chi connectivity index (χ0n) is 12.4. The molecule has 0 spiro atoms. The number of likely N-dealkylation sites (N-methyl/N-ethyl adjacent to an activating group) is 1. The van der Waals surface area contributed by atoms with Crippen LogP contribution in [0.5, 0.6) is 0 Å². The van der Waals surface area contributed by atoms with Crippen LogP contribution >= 0.6 is 0 Å². The normalized spacial score (nSPS) is 11.9. The maximum absolute atomic E-state index is 11.8. The van der Waals surface area contributed by atoms with E-state index in [4.69, 9.17) is 4.74 Å². The summed E-state index contributed by atoms with van der Waals surface area (Å²) < 4.78 is 5.52. The van der Waals surface area contributed by atoms with Crippen LogP contribution in [0.15, 0.2) is 0 Å². The van der Waals surface area contributed by atoms with E-state index in [-0.39, 0.29) is 11.3 Å². The molecule has 17 heavy (non-hydrogen) atoms. The second kappa shape index (κ2) is 7.70. The highest BCUT2D eigenvalue weighted by Crippen LogP contribution is 2.15. The van der Waals surface area contributed by atoms with Crippen molar-refractivity contribution in [3.63, 3.8) is 0 Å². The van der Waals surface area contributed by atoms with E-state index in [0.717, 1.165) is 18.9 Å². The molecule has 0 atom stereocenters. The summed E-state index contributed by atoms with van der Waals surface area (Å²) in [6.45, 7) is 12.4. The van der Waals surface area contributed by atoms with Gasteiger partial charge in [0.15, 0.2) is 0 Å². The Kier molecular flexibility index (Phi) is 7.44. The second-order valence-electron chi connectivity index (χ2n) is 6.13. The molecule has 0 heterocycles. The van der Waals surface area contributed by atoms with Crippen LogP contribution in [0.2, 0.25) is 0 Å². The zero-order valence-corrected chi connectivity index (χ0v) is 12.4. The van der Waals surface area contributed by atoms with Crippen LogP contribution in [0.3, 0.4) is 0 Å². The third-order valence-electron chi connectivity index (χ3n) is 2.63. The molecule has 3 nitrogen and oxygen atoms in total. The van der Waals surface area contributed by atoms with E-state index in [2.05, 4.69) is 13.8 Å². The van der Waals surface area contributed by atoms with E-state index in [1.165, 1.54) is 6.42 Å². The number of hydrogen-bond donors (Lipinski definition) is 0. The van der Waals surface area contributed by atoms with Crippen molar-refractivity contribution in [1.29, 1.82) is 0 Å². The second-order valence-corrected chi connectivity index (χ2v) is 6.13. The van der Waals surface area contributed by atoms with Crippen molar-refractivity contribution in [2.24, 2.45) is 11.3 Å². The summed E-state index contributed by atoms with van der Waals surface area (Å²) >= 11 is 0. The monoisotopic (exact) mass is 243 g/mol. The van der Waals surface area contributed by atoms with Crippen LogP contribution in [-0.4, -0.2) is 37.6 Å². The predicted octanol–water partition coefficient (Wildman–Crippen LogP) is 2.94. The molecule has 1 amide bonds. The van der Waals surface area contributed by atoms with Gasteiger partial charge >= 0.3 is 0 Å². The molecule has 0 aliphatic heterocycles. The fraction of sp³-hybridized carbons (Fsp3) is 0.929. The van der Waals surface area contributed by atoms with Crippen LogP contribution < -0.4 is 0 Å². The van der Waals surface area contributed by atoms with Crippen molar-refractivity contribution in [2.75, 3.05) is 26.8 Å². The van der Waals surface area contributed by atoms with Crippen molar-refractivity contribution in [3.8, 4) is 0 Å². The standard InChI is InChI=1S/C14H29NO2/c1-12(2)8-7-10-17-11-9-15(6)13(16)14(3,4)5/h12H,7-11H2,1-6H3. The summed E-state index contributed by atoms with van der Waals surface area (Å²) in [7, 11) is 1.84. The lowest BCUT2D eigenvalue weighted by atomic mass is 9.95. The number of carbonyl (C=O) groups is 1. The summed E-state index contributed by atoms with van der Waals surface area (Å²) in [5, 5.41) is 0. The molecule has 0 aliphatic rings. The van der Waals surface area contributed by atoms with Gasteiger partial charge in [0.1, 0.15) is 0 Å².